The molecule has 0 amide bonds. The maximum absolute atomic E-state index is 3.06. The maximum atomic E-state index is 3.06. The van der Waals surface area contributed by atoms with Gasteiger partial charge in [0.05, 0.1) is 0 Å². The van der Waals surface area contributed by atoms with Crippen LogP contribution in [0.2, 0.25) is 0 Å². The second-order valence-electron chi connectivity index (χ2n) is 7.12. The van der Waals surface area contributed by atoms with Crippen molar-refractivity contribution < 1.29 is 23.3 Å². The van der Waals surface area contributed by atoms with Crippen molar-refractivity contribution in [2.75, 3.05) is 0 Å². The van der Waals surface area contributed by atoms with Crippen LogP contribution in [0.15, 0.2) is 48.5 Å². The monoisotopic (exact) mass is 492 g/mol. The molecule has 0 unspecified atom stereocenters. The minimum atomic E-state index is 0. The normalized spacial score (nSPS) is 8.83. The summed E-state index contributed by atoms with van der Waals surface area (Å²) < 4.78 is 0. The van der Waals surface area contributed by atoms with Crippen LogP contribution >= 0.6 is 0 Å². The Labute approximate surface area is 204 Å². The van der Waals surface area contributed by atoms with Gasteiger partial charge in [0.2, 0.25) is 0 Å². The van der Waals surface area contributed by atoms with Gasteiger partial charge < -0.3 is 29.7 Å². The van der Waals surface area contributed by atoms with E-state index in [1.165, 1.54) is 78.3 Å². The molecule has 0 saturated heterocycles. The molecule has 164 valence electrons. The summed E-state index contributed by atoms with van der Waals surface area (Å²) in [6.45, 7) is 16.0. The zero-order valence-corrected chi connectivity index (χ0v) is 24.1. The first-order chi connectivity index (χ1) is 12.4. The Morgan fingerprint density at radius 2 is 0.800 bits per heavy atom. The Bertz CT molecular complexity index is 872. The van der Waals surface area contributed by atoms with Crippen LogP contribution in [0.25, 0.3) is 21.5 Å². The summed E-state index contributed by atoms with van der Waals surface area (Å²) in [5.41, 5.74) is 8.24. The molecule has 30 heavy (non-hydrogen) atoms. The first-order valence-electron chi connectivity index (χ1n) is 8.88. The van der Waals surface area contributed by atoms with Gasteiger partial charge in [-0.3, -0.25) is 0 Å². The van der Waals surface area contributed by atoms with Crippen LogP contribution in [0.4, 0.5) is 0 Å². The van der Waals surface area contributed by atoms with E-state index in [1.54, 1.807) is 0 Å². The molecular formula is C28H38SiZr-6. The number of aryl methyl sites for hydroxylation is 6. The van der Waals surface area contributed by atoms with Gasteiger partial charge in [0.15, 0.2) is 0 Å². The third-order valence-corrected chi connectivity index (χ3v) is 4.93. The molecule has 0 saturated carbocycles. The van der Waals surface area contributed by atoms with Gasteiger partial charge in [0.25, 0.3) is 0 Å². The van der Waals surface area contributed by atoms with E-state index in [9.17, 15) is 0 Å². The predicted molar refractivity (Wildman–Crippen MR) is 139 cm³/mol. The molecule has 0 heterocycles. The summed E-state index contributed by atoms with van der Waals surface area (Å²) in [7, 11) is 0. The van der Waals surface area contributed by atoms with Crippen molar-refractivity contribution in [3.05, 3.63) is 112 Å². The van der Waals surface area contributed by atoms with Crippen LogP contribution in [0.5, 0.6) is 0 Å². The quantitative estimate of drug-likeness (QED) is 0.170. The van der Waals surface area contributed by atoms with Crippen LogP contribution in [0.1, 0.15) is 33.4 Å². The number of fused-ring (bicyclic) bond motifs is 2. The molecular weight excluding hydrogens is 456 g/mol. The average molecular weight is 494 g/mol. The Morgan fingerprint density at radius 3 is 1.07 bits per heavy atom. The zero-order chi connectivity index (χ0) is 19.4. The summed E-state index contributed by atoms with van der Waals surface area (Å²) >= 11 is 1.36. The average Bonchev–Trinajstić information content (AvgIpc) is 3.21. The van der Waals surface area contributed by atoms with Gasteiger partial charge in [0.1, 0.15) is 0 Å². The van der Waals surface area contributed by atoms with Crippen molar-refractivity contribution in [2.45, 2.75) is 41.5 Å². The van der Waals surface area contributed by atoms with Crippen LogP contribution in [0, 0.1) is 71.2 Å². The first kappa shape index (κ1) is 33.4. The predicted octanol–water partition coefficient (Wildman–Crippen LogP) is 8.39. The van der Waals surface area contributed by atoms with E-state index in [4.69, 9.17) is 0 Å². The molecule has 0 atom stereocenters. The second-order valence-corrected chi connectivity index (χ2v) is 7.12. The number of hydrogen-bond donors (Lipinski definition) is 0. The minimum absolute atomic E-state index is 0. The first-order valence-corrected chi connectivity index (χ1v) is 13.1. The Hall–Kier alpha value is -1.24. The number of rotatable bonds is 0. The molecule has 4 aromatic carbocycles. The van der Waals surface area contributed by atoms with Crippen LogP contribution in [-0.4, -0.2) is 6.88 Å². The Balaban J connectivity index is -0.000000400. The molecule has 0 aromatic heterocycles. The molecule has 4 rings (SSSR count). The summed E-state index contributed by atoms with van der Waals surface area (Å²) in [6, 6.07) is 17.8. The molecule has 0 spiro atoms. The standard InChI is InChI=1S/2C12H13.4CH3.Si.Zr/c2*1-8-6-11-9(2)4-5-10(3)12(11)7-8;;;;;;/h2*4-7H,1-3H3;4*1H3;;/q6*-1;;. The van der Waals surface area contributed by atoms with Crippen molar-refractivity contribution in [1.29, 1.82) is 0 Å². The molecule has 2 heteroatoms. The molecule has 0 aliphatic heterocycles. The number of benzene rings is 2. The van der Waals surface area contributed by atoms with Crippen LogP contribution in [0.3, 0.4) is 0 Å². The van der Waals surface area contributed by atoms with Gasteiger partial charge in [-0.15, -0.1) is 68.1 Å². The SMILES string of the molecule is Cc1cc2c(C)ccc(C)c2[cH-]1.Cc1cc2c(C)ccc(C)c2[cH-]1.[CH3-].[CH3-].[CH3-].[CH3-].[Si]=[Zr]. The summed E-state index contributed by atoms with van der Waals surface area (Å²) in [4.78, 5) is 0. The van der Waals surface area contributed by atoms with Crippen LogP contribution < -0.4 is 0 Å². The summed E-state index contributed by atoms with van der Waals surface area (Å²) in [6.07, 6.45) is 0. The van der Waals surface area contributed by atoms with Gasteiger partial charge in [-0.25, -0.2) is 0 Å². The van der Waals surface area contributed by atoms with Crippen molar-refractivity contribution in [2.24, 2.45) is 0 Å². The zero-order valence-electron chi connectivity index (χ0n) is 20.6. The van der Waals surface area contributed by atoms with E-state index in [2.05, 4.69) is 97.0 Å². The molecule has 0 aliphatic rings. The third-order valence-electron chi connectivity index (χ3n) is 4.93. The molecule has 0 bridgehead atoms. The molecule has 0 N–H and O–H groups in total. The topological polar surface area (TPSA) is 0 Å². The Morgan fingerprint density at radius 1 is 0.533 bits per heavy atom. The fourth-order valence-corrected chi connectivity index (χ4v) is 3.47. The van der Waals surface area contributed by atoms with E-state index in [0.717, 1.165) is 0 Å². The van der Waals surface area contributed by atoms with Crippen molar-refractivity contribution >= 4 is 28.4 Å². The van der Waals surface area contributed by atoms with Gasteiger partial charge in [-0.05, 0) is 13.8 Å². The number of hydrogen-bond acceptors (Lipinski definition) is 0. The van der Waals surface area contributed by atoms with E-state index in [-0.39, 0.29) is 29.7 Å². The van der Waals surface area contributed by atoms with E-state index >= 15 is 0 Å². The molecule has 0 nitrogen and oxygen atoms in total. The van der Waals surface area contributed by atoms with Gasteiger partial charge in [-0.1, -0.05) is 51.0 Å². The van der Waals surface area contributed by atoms with E-state index < -0.39 is 0 Å². The fourth-order valence-electron chi connectivity index (χ4n) is 3.47. The molecule has 4 aromatic rings. The molecule has 0 fully saturated rings. The molecule has 2 radical (unpaired) electrons. The van der Waals surface area contributed by atoms with Gasteiger partial charge in [0, 0.05) is 0 Å². The second kappa shape index (κ2) is 14.7. The fraction of sp³-hybridized carbons (Fsp3) is 0.214. The summed E-state index contributed by atoms with van der Waals surface area (Å²) in [5, 5.41) is 5.64. The third kappa shape index (κ3) is 7.47. The Kier molecular flexibility index (Phi) is 16.4. The van der Waals surface area contributed by atoms with Crippen molar-refractivity contribution in [1.82, 2.24) is 0 Å². The van der Waals surface area contributed by atoms with Crippen LogP contribution in [-0.2, 0) is 23.3 Å². The van der Waals surface area contributed by atoms with Crippen molar-refractivity contribution in [3.63, 3.8) is 0 Å². The van der Waals surface area contributed by atoms with E-state index in [1.807, 2.05) is 0 Å². The van der Waals surface area contributed by atoms with Gasteiger partial charge >= 0.3 is 30.2 Å². The molecule has 0 aliphatic carbocycles. The summed E-state index contributed by atoms with van der Waals surface area (Å²) in [5.74, 6) is 0. The van der Waals surface area contributed by atoms with E-state index in [0.29, 0.717) is 0 Å². The van der Waals surface area contributed by atoms with Crippen molar-refractivity contribution in [3.8, 4) is 0 Å². The van der Waals surface area contributed by atoms with Gasteiger partial charge in [-0.2, -0.15) is 12.1 Å².